The molecule has 0 radical (unpaired) electrons. The Morgan fingerprint density at radius 2 is 1.90 bits per heavy atom. The van der Waals surface area contributed by atoms with Gasteiger partial charge in [0.2, 0.25) is 0 Å². The van der Waals surface area contributed by atoms with Crippen LogP contribution in [0.1, 0.15) is 31.2 Å². The molecule has 5 heteroatoms. The Kier molecular flexibility index (Phi) is 4.70. The van der Waals surface area contributed by atoms with Crippen LogP contribution in [0.5, 0.6) is 0 Å². The summed E-state index contributed by atoms with van der Waals surface area (Å²) in [5.41, 5.74) is 7.84. The predicted octanol–water partition coefficient (Wildman–Crippen LogP) is 1.94. The summed E-state index contributed by atoms with van der Waals surface area (Å²) in [4.78, 5) is 2.21. The maximum atomic E-state index is 11.7. The van der Waals surface area contributed by atoms with Crippen LogP contribution >= 0.6 is 0 Å². The van der Waals surface area contributed by atoms with Crippen LogP contribution in [0, 0.1) is 0 Å². The molecule has 0 spiro atoms. The summed E-state index contributed by atoms with van der Waals surface area (Å²) in [6, 6.07) is 8.48. The van der Waals surface area contributed by atoms with Crippen LogP contribution in [0.15, 0.2) is 24.3 Å². The minimum Gasteiger partial charge on any atom is -0.372 e. The zero-order chi connectivity index (χ0) is 14.8. The molecule has 112 valence electrons. The highest BCUT2D eigenvalue weighted by molar-refractivity contribution is 7.91. The van der Waals surface area contributed by atoms with Crippen molar-refractivity contribution in [3.63, 3.8) is 0 Å². The summed E-state index contributed by atoms with van der Waals surface area (Å²) in [5, 5.41) is -0.188. The Hall–Kier alpha value is -1.07. The number of sulfone groups is 1. The van der Waals surface area contributed by atoms with Crippen molar-refractivity contribution in [3.05, 3.63) is 29.8 Å². The van der Waals surface area contributed by atoms with Crippen LogP contribution in [0.25, 0.3) is 0 Å². The summed E-state index contributed by atoms with van der Waals surface area (Å²) in [5.74, 6) is 0. The lowest BCUT2D eigenvalue weighted by atomic mass is 9.93. The van der Waals surface area contributed by atoms with Crippen molar-refractivity contribution >= 4 is 15.5 Å². The lowest BCUT2D eigenvalue weighted by molar-refractivity contribution is 0.422. The summed E-state index contributed by atoms with van der Waals surface area (Å²) in [6.45, 7) is 0.545. The molecule has 1 fully saturated rings. The summed E-state index contributed by atoms with van der Waals surface area (Å²) >= 11 is 0. The number of benzene rings is 1. The molecule has 20 heavy (non-hydrogen) atoms. The third-order valence-corrected chi connectivity index (χ3v) is 5.97. The van der Waals surface area contributed by atoms with Crippen molar-refractivity contribution < 1.29 is 8.42 Å². The van der Waals surface area contributed by atoms with E-state index in [1.54, 1.807) is 0 Å². The molecule has 2 N–H and O–H groups in total. The van der Waals surface area contributed by atoms with E-state index < -0.39 is 9.84 Å². The zero-order valence-corrected chi connectivity index (χ0v) is 13.1. The fourth-order valence-electron chi connectivity index (χ4n) is 2.94. The Morgan fingerprint density at radius 1 is 1.25 bits per heavy atom. The van der Waals surface area contributed by atoms with E-state index >= 15 is 0 Å². The molecule has 2 rings (SSSR count). The van der Waals surface area contributed by atoms with Gasteiger partial charge in [-0.15, -0.1) is 0 Å². The van der Waals surface area contributed by atoms with Crippen LogP contribution in [-0.4, -0.2) is 33.0 Å². The standard InChI is InChI=1S/C15H24N2O2S/c1-17(13-8-6-12(11-16)7-9-13)14-4-3-5-15(10-14)20(2,18)19/h6-9,14-15H,3-5,10-11,16H2,1-2H3. The Morgan fingerprint density at radius 3 is 2.45 bits per heavy atom. The van der Waals surface area contributed by atoms with Gasteiger partial charge in [-0.2, -0.15) is 0 Å². The predicted molar refractivity (Wildman–Crippen MR) is 83.6 cm³/mol. The maximum absolute atomic E-state index is 11.7. The number of hydrogen-bond acceptors (Lipinski definition) is 4. The van der Waals surface area contributed by atoms with E-state index in [1.165, 1.54) is 6.26 Å². The molecule has 1 aliphatic rings. The third-order valence-electron chi connectivity index (χ3n) is 4.33. The quantitative estimate of drug-likeness (QED) is 0.922. The number of hydrogen-bond donors (Lipinski definition) is 1. The van der Waals surface area contributed by atoms with Crippen molar-refractivity contribution in [2.24, 2.45) is 5.73 Å². The van der Waals surface area contributed by atoms with E-state index in [-0.39, 0.29) is 5.25 Å². The van der Waals surface area contributed by atoms with E-state index in [0.717, 1.165) is 36.9 Å². The van der Waals surface area contributed by atoms with Crippen molar-refractivity contribution in [1.29, 1.82) is 0 Å². The van der Waals surface area contributed by atoms with Crippen molar-refractivity contribution in [1.82, 2.24) is 0 Å². The molecule has 1 aromatic carbocycles. The van der Waals surface area contributed by atoms with Crippen LogP contribution in [0.2, 0.25) is 0 Å². The molecule has 0 aliphatic heterocycles. The SMILES string of the molecule is CN(c1ccc(CN)cc1)C1CCCC(S(C)(=O)=O)C1. The summed E-state index contributed by atoms with van der Waals surface area (Å²) in [7, 11) is -0.880. The minimum absolute atomic E-state index is 0.188. The van der Waals surface area contributed by atoms with Gasteiger partial charge in [0.1, 0.15) is 9.84 Å². The van der Waals surface area contributed by atoms with E-state index in [0.29, 0.717) is 12.6 Å². The molecule has 1 aromatic rings. The molecule has 0 heterocycles. The van der Waals surface area contributed by atoms with Crippen molar-refractivity contribution in [3.8, 4) is 0 Å². The zero-order valence-electron chi connectivity index (χ0n) is 12.2. The van der Waals surface area contributed by atoms with Crippen molar-refractivity contribution in [2.75, 3.05) is 18.2 Å². The smallest absolute Gasteiger partial charge is 0.150 e. The van der Waals surface area contributed by atoms with Gasteiger partial charge in [-0.1, -0.05) is 18.6 Å². The Labute approximate surface area is 121 Å². The Balaban J connectivity index is 2.09. The second kappa shape index (κ2) is 6.14. The van der Waals surface area contributed by atoms with E-state index in [4.69, 9.17) is 5.73 Å². The average Bonchev–Trinajstić information content (AvgIpc) is 2.46. The van der Waals surface area contributed by atoms with Gasteiger partial charge in [-0.3, -0.25) is 0 Å². The molecular formula is C15H24N2O2S. The van der Waals surface area contributed by atoms with Gasteiger partial charge in [-0.05, 0) is 37.0 Å². The molecule has 2 atom stereocenters. The number of nitrogens with zero attached hydrogens (tertiary/aromatic N) is 1. The summed E-state index contributed by atoms with van der Waals surface area (Å²) < 4.78 is 23.5. The van der Waals surface area contributed by atoms with Crippen LogP contribution < -0.4 is 10.6 Å². The maximum Gasteiger partial charge on any atom is 0.150 e. The van der Waals surface area contributed by atoms with Gasteiger partial charge in [0, 0.05) is 31.6 Å². The van der Waals surface area contributed by atoms with Gasteiger partial charge < -0.3 is 10.6 Å². The minimum atomic E-state index is -2.93. The first-order valence-corrected chi connectivity index (χ1v) is 9.08. The monoisotopic (exact) mass is 296 g/mol. The van der Waals surface area contributed by atoms with E-state index in [1.807, 2.05) is 19.2 Å². The van der Waals surface area contributed by atoms with E-state index in [2.05, 4.69) is 17.0 Å². The first-order valence-electron chi connectivity index (χ1n) is 7.12. The van der Waals surface area contributed by atoms with Gasteiger partial charge in [0.15, 0.2) is 0 Å². The van der Waals surface area contributed by atoms with Gasteiger partial charge in [0.05, 0.1) is 5.25 Å². The van der Waals surface area contributed by atoms with Crippen LogP contribution in [0.3, 0.4) is 0 Å². The molecule has 0 amide bonds. The highest BCUT2D eigenvalue weighted by Crippen LogP contribution is 2.29. The van der Waals surface area contributed by atoms with Gasteiger partial charge in [0.25, 0.3) is 0 Å². The lowest BCUT2D eigenvalue weighted by Crippen LogP contribution is -2.40. The average molecular weight is 296 g/mol. The second-order valence-electron chi connectivity index (χ2n) is 5.75. The number of rotatable bonds is 4. The molecule has 2 unspecified atom stereocenters. The number of anilines is 1. The van der Waals surface area contributed by atoms with Gasteiger partial charge >= 0.3 is 0 Å². The third kappa shape index (κ3) is 3.52. The van der Waals surface area contributed by atoms with E-state index in [9.17, 15) is 8.42 Å². The van der Waals surface area contributed by atoms with Gasteiger partial charge in [-0.25, -0.2) is 8.42 Å². The molecule has 0 bridgehead atoms. The first kappa shape index (κ1) is 15.3. The summed E-state index contributed by atoms with van der Waals surface area (Å²) in [6.07, 6.45) is 4.92. The molecule has 0 saturated heterocycles. The molecule has 0 aromatic heterocycles. The molecule has 4 nitrogen and oxygen atoms in total. The van der Waals surface area contributed by atoms with Crippen molar-refractivity contribution in [2.45, 2.75) is 43.5 Å². The number of nitrogens with two attached hydrogens (primary N) is 1. The van der Waals surface area contributed by atoms with Crippen LogP contribution in [0.4, 0.5) is 5.69 Å². The molecule has 1 saturated carbocycles. The second-order valence-corrected chi connectivity index (χ2v) is 8.08. The highest BCUT2D eigenvalue weighted by atomic mass is 32.2. The Bertz CT molecular complexity index is 539. The normalized spacial score (nSPS) is 23.6. The van der Waals surface area contributed by atoms with Crippen LogP contribution in [-0.2, 0) is 16.4 Å². The lowest BCUT2D eigenvalue weighted by Gasteiger charge is -2.36. The fraction of sp³-hybridized carbons (Fsp3) is 0.600. The molecular weight excluding hydrogens is 272 g/mol. The molecule has 1 aliphatic carbocycles. The topological polar surface area (TPSA) is 63.4 Å². The first-order chi connectivity index (χ1) is 9.41. The highest BCUT2D eigenvalue weighted by Gasteiger charge is 2.30. The fourth-order valence-corrected chi connectivity index (χ4v) is 4.11. The largest absolute Gasteiger partial charge is 0.372 e.